The Balaban J connectivity index is 2.19. The molecule has 0 bridgehead atoms. The summed E-state index contributed by atoms with van der Waals surface area (Å²) in [4.78, 5) is 0. The van der Waals surface area contributed by atoms with Gasteiger partial charge in [0.1, 0.15) is 0 Å². The first kappa shape index (κ1) is 16.9. The van der Waals surface area contributed by atoms with E-state index in [0.29, 0.717) is 18.7 Å². The molecule has 0 aliphatic heterocycles. The molecule has 20 heavy (non-hydrogen) atoms. The monoisotopic (exact) mass is 290 g/mol. The van der Waals surface area contributed by atoms with Gasteiger partial charge in [0, 0.05) is 20.2 Å². The number of ether oxygens (including phenoxy) is 1. The predicted octanol–water partition coefficient (Wildman–Crippen LogP) is 2.42. The number of halogens is 3. The van der Waals surface area contributed by atoms with Crippen LogP contribution in [0.2, 0.25) is 0 Å². The van der Waals surface area contributed by atoms with Gasteiger partial charge in [0.25, 0.3) is 0 Å². The molecule has 0 amide bonds. The van der Waals surface area contributed by atoms with Crippen LogP contribution in [-0.2, 0) is 17.5 Å². The molecule has 0 aromatic heterocycles. The highest BCUT2D eigenvalue weighted by molar-refractivity contribution is 5.25. The molecule has 0 aliphatic carbocycles. The molecule has 0 atom stereocenters. The van der Waals surface area contributed by atoms with Crippen molar-refractivity contribution in [2.45, 2.75) is 19.1 Å². The van der Waals surface area contributed by atoms with E-state index in [0.717, 1.165) is 32.1 Å². The normalized spacial score (nSPS) is 11.8. The summed E-state index contributed by atoms with van der Waals surface area (Å²) in [5.74, 6) is 0. The Bertz CT molecular complexity index is 383. The number of rotatable bonds is 9. The molecule has 0 unspecified atom stereocenters. The van der Waals surface area contributed by atoms with E-state index in [1.54, 1.807) is 13.2 Å². The molecule has 0 fully saturated rings. The maximum absolute atomic E-state index is 12.5. The molecular formula is C14H21F3N2O. The first-order chi connectivity index (χ1) is 9.54. The van der Waals surface area contributed by atoms with Crippen molar-refractivity contribution in [1.29, 1.82) is 0 Å². The number of nitrogens with one attached hydrogen (secondary N) is 2. The van der Waals surface area contributed by atoms with Crippen LogP contribution < -0.4 is 10.6 Å². The van der Waals surface area contributed by atoms with Crippen LogP contribution in [-0.4, -0.2) is 33.4 Å². The van der Waals surface area contributed by atoms with Crippen molar-refractivity contribution in [3.05, 3.63) is 35.4 Å². The van der Waals surface area contributed by atoms with Gasteiger partial charge in [-0.2, -0.15) is 13.2 Å². The largest absolute Gasteiger partial charge is 0.416 e. The van der Waals surface area contributed by atoms with E-state index in [1.807, 2.05) is 0 Å². The van der Waals surface area contributed by atoms with E-state index >= 15 is 0 Å². The molecule has 0 aliphatic rings. The lowest BCUT2D eigenvalue weighted by molar-refractivity contribution is -0.137. The Morgan fingerprint density at radius 3 is 2.55 bits per heavy atom. The lowest BCUT2D eigenvalue weighted by Crippen LogP contribution is -2.24. The minimum atomic E-state index is -4.28. The Hall–Kier alpha value is -1.11. The fourth-order valence-corrected chi connectivity index (χ4v) is 1.73. The van der Waals surface area contributed by atoms with Gasteiger partial charge in [-0.15, -0.1) is 0 Å². The van der Waals surface area contributed by atoms with E-state index in [2.05, 4.69) is 10.6 Å². The fourth-order valence-electron chi connectivity index (χ4n) is 1.73. The molecule has 0 heterocycles. The zero-order chi connectivity index (χ0) is 14.8. The van der Waals surface area contributed by atoms with Gasteiger partial charge in [-0.1, -0.05) is 18.2 Å². The van der Waals surface area contributed by atoms with Crippen molar-refractivity contribution < 1.29 is 17.9 Å². The van der Waals surface area contributed by atoms with Gasteiger partial charge in [0.15, 0.2) is 0 Å². The molecule has 1 aromatic carbocycles. The van der Waals surface area contributed by atoms with Gasteiger partial charge >= 0.3 is 6.18 Å². The predicted molar refractivity (Wildman–Crippen MR) is 72.5 cm³/mol. The third-order valence-corrected chi connectivity index (χ3v) is 2.77. The molecule has 0 saturated heterocycles. The van der Waals surface area contributed by atoms with Crippen LogP contribution >= 0.6 is 0 Å². The first-order valence-electron chi connectivity index (χ1n) is 6.60. The third-order valence-electron chi connectivity index (χ3n) is 2.77. The highest BCUT2D eigenvalue weighted by Gasteiger charge is 2.30. The SMILES string of the molecule is COCCNCCCNCc1cccc(C(F)(F)F)c1. The highest BCUT2D eigenvalue weighted by Crippen LogP contribution is 2.29. The van der Waals surface area contributed by atoms with Crippen LogP contribution in [0.15, 0.2) is 24.3 Å². The second kappa shape index (κ2) is 8.94. The smallest absolute Gasteiger partial charge is 0.383 e. The molecule has 2 N–H and O–H groups in total. The number of hydrogen-bond donors (Lipinski definition) is 2. The Morgan fingerprint density at radius 1 is 1.10 bits per heavy atom. The lowest BCUT2D eigenvalue weighted by Gasteiger charge is -2.09. The minimum absolute atomic E-state index is 0.446. The van der Waals surface area contributed by atoms with Gasteiger partial charge in [-0.3, -0.25) is 0 Å². The average Bonchev–Trinajstić information content (AvgIpc) is 2.41. The number of benzene rings is 1. The molecule has 3 nitrogen and oxygen atoms in total. The molecule has 0 radical (unpaired) electrons. The Morgan fingerprint density at radius 2 is 1.85 bits per heavy atom. The van der Waals surface area contributed by atoms with Crippen LogP contribution in [0.4, 0.5) is 13.2 Å². The summed E-state index contributed by atoms with van der Waals surface area (Å²) in [7, 11) is 1.65. The van der Waals surface area contributed by atoms with E-state index in [-0.39, 0.29) is 0 Å². The van der Waals surface area contributed by atoms with E-state index < -0.39 is 11.7 Å². The fraction of sp³-hybridized carbons (Fsp3) is 0.571. The minimum Gasteiger partial charge on any atom is -0.383 e. The summed E-state index contributed by atoms with van der Waals surface area (Å²) in [5, 5.41) is 6.33. The molecular weight excluding hydrogens is 269 g/mol. The van der Waals surface area contributed by atoms with Gasteiger partial charge in [0.05, 0.1) is 12.2 Å². The summed E-state index contributed by atoms with van der Waals surface area (Å²) in [6.07, 6.45) is -3.36. The lowest BCUT2D eigenvalue weighted by atomic mass is 10.1. The topological polar surface area (TPSA) is 33.3 Å². The van der Waals surface area contributed by atoms with E-state index in [1.165, 1.54) is 12.1 Å². The van der Waals surface area contributed by atoms with Gasteiger partial charge in [0.2, 0.25) is 0 Å². The zero-order valence-corrected chi connectivity index (χ0v) is 11.6. The van der Waals surface area contributed by atoms with Crippen LogP contribution in [0.5, 0.6) is 0 Å². The summed E-state index contributed by atoms with van der Waals surface area (Å²) < 4.78 is 42.5. The van der Waals surface area contributed by atoms with Crippen molar-refractivity contribution in [1.82, 2.24) is 10.6 Å². The number of hydrogen-bond acceptors (Lipinski definition) is 3. The van der Waals surface area contributed by atoms with Crippen molar-refractivity contribution in [3.8, 4) is 0 Å². The standard InChI is InChI=1S/C14H21F3N2O/c1-20-9-8-18-6-3-7-19-11-12-4-2-5-13(10-12)14(15,16)17/h2,4-5,10,18-19H,3,6-9,11H2,1H3. The molecule has 6 heteroatoms. The number of methoxy groups -OCH3 is 1. The summed E-state index contributed by atoms with van der Waals surface area (Å²) in [5.41, 5.74) is 0.0465. The zero-order valence-electron chi connectivity index (χ0n) is 11.6. The van der Waals surface area contributed by atoms with Gasteiger partial charge in [-0.05, 0) is 31.1 Å². The average molecular weight is 290 g/mol. The maximum Gasteiger partial charge on any atom is 0.416 e. The van der Waals surface area contributed by atoms with E-state index in [9.17, 15) is 13.2 Å². The molecule has 1 aromatic rings. The third kappa shape index (κ3) is 6.88. The van der Waals surface area contributed by atoms with Crippen molar-refractivity contribution in [3.63, 3.8) is 0 Å². The summed E-state index contributed by atoms with van der Waals surface area (Å²) >= 11 is 0. The Kier molecular flexibility index (Phi) is 7.58. The first-order valence-corrected chi connectivity index (χ1v) is 6.60. The second-order valence-electron chi connectivity index (χ2n) is 4.47. The molecule has 1 rings (SSSR count). The highest BCUT2D eigenvalue weighted by atomic mass is 19.4. The molecule has 114 valence electrons. The number of alkyl halides is 3. The molecule has 0 saturated carbocycles. The van der Waals surface area contributed by atoms with Crippen LogP contribution in [0.25, 0.3) is 0 Å². The van der Waals surface area contributed by atoms with Crippen LogP contribution in [0, 0.1) is 0 Å². The molecule has 0 spiro atoms. The summed E-state index contributed by atoms with van der Waals surface area (Å²) in [6.45, 7) is 3.55. The van der Waals surface area contributed by atoms with Crippen molar-refractivity contribution in [2.75, 3.05) is 33.4 Å². The van der Waals surface area contributed by atoms with E-state index in [4.69, 9.17) is 4.74 Å². The van der Waals surface area contributed by atoms with Crippen molar-refractivity contribution >= 4 is 0 Å². The maximum atomic E-state index is 12.5. The van der Waals surface area contributed by atoms with Crippen molar-refractivity contribution in [2.24, 2.45) is 0 Å². The second-order valence-corrected chi connectivity index (χ2v) is 4.47. The van der Waals surface area contributed by atoms with Crippen LogP contribution in [0.3, 0.4) is 0 Å². The quantitative estimate of drug-likeness (QED) is 0.685. The van der Waals surface area contributed by atoms with Gasteiger partial charge < -0.3 is 15.4 Å². The van der Waals surface area contributed by atoms with Gasteiger partial charge in [-0.25, -0.2) is 0 Å². The summed E-state index contributed by atoms with van der Waals surface area (Å²) in [6, 6.07) is 5.40. The van der Waals surface area contributed by atoms with Crippen LogP contribution in [0.1, 0.15) is 17.5 Å². The Labute approximate surface area is 117 Å².